The molecular formula is C24H26N4OS. The number of benzene rings is 1. The first kappa shape index (κ1) is 19.3. The van der Waals surface area contributed by atoms with Crippen molar-refractivity contribution in [2.24, 2.45) is 5.73 Å². The third-order valence-electron chi connectivity index (χ3n) is 6.30. The molecule has 2 aromatic heterocycles. The van der Waals surface area contributed by atoms with E-state index in [0.717, 1.165) is 57.7 Å². The lowest BCUT2D eigenvalue weighted by atomic mass is 9.92. The molecule has 0 saturated carbocycles. The van der Waals surface area contributed by atoms with Gasteiger partial charge in [0.05, 0.1) is 0 Å². The fourth-order valence-electron chi connectivity index (χ4n) is 4.59. The van der Waals surface area contributed by atoms with Crippen molar-refractivity contribution in [3.05, 3.63) is 81.1 Å². The normalized spacial score (nSPS) is 16.8. The lowest BCUT2D eigenvalue weighted by molar-refractivity contribution is 0.100. The summed E-state index contributed by atoms with van der Waals surface area (Å²) in [5.41, 5.74) is 11.5. The largest absolute Gasteiger partial charge is 0.366 e. The second-order valence-electron chi connectivity index (χ2n) is 8.08. The van der Waals surface area contributed by atoms with Gasteiger partial charge in [0, 0.05) is 61.0 Å². The van der Waals surface area contributed by atoms with Crippen LogP contribution in [0.1, 0.15) is 45.0 Å². The Labute approximate surface area is 180 Å². The van der Waals surface area contributed by atoms with Gasteiger partial charge < -0.3 is 15.2 Å². The van der Waals surface area contributed by atoms with Crippen LogP contribution in [0.4, 0.5) is 0 Å². The summed E-state index contributed by atoms with van der Waals surface area (Å²) in [5.74, 6) is 0.774. The zero-order valence-electron chi connectivity index (χ0n) is 17.0. The van der Waals surface area contributed by atoms with E-state index in [9.17, 15) is 4.79 Å². The van der Waals surface area contributed by atoms with E-state index in [4.69, 9.17) is 10.7 Å². The molecule has 1 aromatic carbocycles. The summed E-state index contributed by atoms with van der Waals surface area (Å²) in [6.45, 7) is 4.22. The Bertz CT molecular complexity index is 1040. The van der Waals surface area contributed by atoms with Crippen LogP contribution < -0.4 is 5.73 Å². The van der Waals surface area contributed by atoms with Crippen molar-refractivity contribution >= 4 is 22.8 Å². The quantitative estimate of drug-likeness (QED) is 0.702. The summed E-state index contributed by atoms with van der Waals surface area (Å²) in [4.78, 5) is 20.0. The molecule has 5 rings (SSSR count). The smallest absolute Gasteiger partial charge is 0.248 e. The molecule has 0 radical (unpaired) electrons. The number of thiophene rings is 1. The number of rotatable bonds is 4. The van der Waals surface area contributed by atoms with Crippen LogP contribution in [0.3, 0.4) is 0 Å². The molecule has 1 fully saturated rings. The van der Waals surface area contributed by atoms with Gasteiger partial charge in [0.25, 0.3) is 0 Å². The number of likely N-dealkylation sites (tertiary alicyclic amines) is 1. The van der Waals surface area contributed by atoms with Crippen molar-refractivity contribution < 1.29 is 4.79 Å². The Kier molecular flexibility index (Phi) is 5.27. The molecule has 6 heteroatoms. The summed E-state index contributed by atoms with van der Waals surface area (Å²) >= 11 is 1.87. The molecule has 0 unspecified atom stereocenters. The molecule has 2 aliphatic heterocycles. The number of imidazole rings is 1. The number of aromatic nitrogens is 2. The standard InChI is InChI=1S/C24H26N4OS/c25-23(29)19-3-1-17(2-4-19)5-11-27-12-6-18(7-13-27)22-20-9-16-30-21(20)8-14-28-15-10-26-24(22)28/h1-4,9-10,15-16H,5-8,11-14H2,(H2,25,29). The number of fused-ring (bicyclic) bond motifs is 2. The minimum Gasteiger partial charge on any atom is -0.366 e. The van der Waals surface area contributed by atoms with Crippen molar-refractivity contribution in [1.29, 1.82) is 0 Å². The highest BCUT2D eigenvalue weighted by Crippen LogP contribution is 2.37. The van der Waals surface area contributed by atoms with E-state index in [2.05, 4.69) is 27.1 Å². The van der Waals surface area contributed by atoms with Crippen molar-refractivity contribution in [3.8, 4) is 0 Å². The number of hydrogen-bond donors (Lipinski definition) is 1. The van der Waals surface area contributed by atoms with Crippen LogP contribution in [0.5, 0.6) is 0 Å². The summed E-state index contributed by atoms with van der Waals surface area (Å²) in [7, 11) is 0. The second-order valence-corrected chi connectivity index (χ2v) is 9.08. The zero-order chi connectivity index (χ0) is 20.5. The molecule has 30 heavy (non-hydrogen) atoms. The Hall–Kier alpha value is -2.70. The molecule has 154 valence electrons. The number of primary amides is 1. The molecule has 2 aliphatic rings. The number of hydrogen-bond acceptors (Lipinski definition) is 4. The molecule has 5 nitrogen and oxygen atoms in total. The molecule has 4 heterocycles. The fourth-order valence-corrected chi connectivity index (χ4v) is 5.46. The fraction of sp³-hybridized carbons (Fsp3) is 0.333. The molecule has 1 saturated heterocycles. The van der Waals surface area contributed by atoms with E-state index in [1.54, 1.807) is 5.57 Å². The maximum absolute atomic E-state index is 11.2. The van der Waals surface area contributed by atoms with Crippen LogP contribution in [-0.2, 0) is 19.4 Å². The van der Waals surface area contributed by atoms with Gasteiger partial charge in [-0.15, -0.1) is 11.3 Å². The first-order valence-electron chi connectivity index (χ1n) is 10.6. The summed E-state index contributed by atoms with van der Waals surface area (Å²) in [6.07, 6.45) is 8.32. The van der Waals surface area contributed by atoms with E-state index in [-0.39, 0.29) is 5.91 Å². The molecule has 0 aliphatic carbocycles. The molecule has 0 bridgehead atoms. The van der Waals surface area contributed by atoms with Crippen molar-refractivity contribution in [2.45, 2.75) is 32.2 Å². The van der Waals surface area contributed by atoms with Gasteiger partial charge in [0.2, 0.25) is 5.91 Å². The minimum atomic E-state index is -0.369. The van der Waals surface area contributed by atoms with Crippen LogP contribution in [0.15, 0.2) is 53.7 Å². The number of carbonyl (C=O) groups excluding carboxylic acids is 1. The topological polar surface area (TPSA) is 64.2 Å². The van der Waals surface area contributed by atoms with Gasteiger partial charge in [-0.1, -0.05) is 17.7 Å². The predicted octanol–water partition coefficient (Wildman–Crippen LogP) is 3.74. The van der Waals surface area contributed by atoms with E-state index in [0.29, 0.717) is 5.56 Å². The number of carbonyl (C=O) groups is 1. The molecule has 2 N–H and O–H groups in total. The molecule has 0 atom stereocenters. The third-order valence-corrected chi connectivity index (χ3v) is 7.28. The molecular weight excluding hydrogens is 392 g/mol. The Morgan fingerprint density at radius 1 is 1.07 bits per heavy atom. The van der Waals surface area contributed by atoms with Crippen LogP contribution >= 0.6 is 11.3 Å². The van der Waals surface area contributed by atoms with Crippen LogP contribution in [0.2, 0.25) is 0 Å². The number of nitrogens with two attached hydrogens (primary N) is 1. The maximum Gasteiger partial charge on any atom is 0.248 e. The molecule has 3 aromatic rings. The summed E-state index contributed by atoms with van der Waals surface area (Å²) < 4.78 is 2.32. The highest BCUT2D eigenvalue weighted by atomic mass is 32.1. The van der Waals surface area contributed by atoms with Gasteiger partial charge in [0.1, 0.15) is 5.82 Å². The van der Waals surface area contributed by atoms with E-state index < -0.39 is 0 Å². The van der Waals surface area contributed by atoms with Gasteiger partial charge in [-0.2, -0.15) is 0 Å². The van der Waals surface area contributed by atoms with E-state index in [1.165, 1.54) is 21.6 Å². The van der Waals surface area contributed by atoms with E-state index in [1.807, 2.05) is 41.8 Å². The zero-order valence-corrected chi connectivity index (χ0v) is 17.8. The molecule has 0 spiro atoms. The minimum absolute atomic E-state index is 0.369. The maximum atomic E-state index is 11.2. The number of amides is 1. The lowest BCUT2D eigenvalue weighted by Crippen LogP contribution is -2.33. The van der Waals surface area contributed by atoms with Gasteiger partial charge in [-0.25, -0.2) is 4.98 Å². The Morgan fingerprint density at radius 2 is 1.87 bits per heavy atom. The van der Waals surface area contributed by atoms with Gasteiger partial charge in [-0.3, -0.25) is 4.79 Å². The van der Waals surface area contributed by atoms with Crippen LogP contribution in [0, 0.1) is 0 Å². The highest BCUT2D eigenvalue weighted by Gasteiger charge is 2.25. The SMILES string of the molecule is NC(=O)c1ccc(CCN2CCC(=C3c4ccsc4CCn4ccnc43)CC2)cc1. The van der Waals surface area contributed by atoms with Gasteiger partial charge in [-0.05, 0) is 54.0 Å². The van der Waals surface area contributed by atoms with Crippen molar-refractivity contribution in [1.82, 2.24) is 14.5 Å². The first-order chi connectivity index (χ1) is 14.7. The number of nitrogens with zero attached hydrogens (tertiary/aromatic N) is 3. The average molecular weight is 419 g/mol. The monoisotopic (exact) mass is 418 g/mol. The second kappa shape index (κ2) is 8.20. The number of aryl methyl sites for hydroxylation is 2. The number of piperidine rings is 1. The van der Waals surface area contributed by atoms with Gasteiger partial charge >= 0.3 is 0 Å². The van der Waals surface area contributed by atoms with Crippen LogP contribution in [-0.4, -0.2) is 40.0 Å². The third kappa shape index (κ3) is 3.73. The Morgan fingerprint density at radius 3 is 2.63 bits per heavy atom. The van der Waals surface area contributed by atoms with Crippen LogP contribution in [0.25, 0.3) is 5.57 Å². The Balaban J connectivity index is 1.29. The summed E-state index contributed by atoms with van der Waals surface area (Å²) in [5, 5.41) is 2.22. The van der Waals surface area contributed by atoms with Crippen molar-refractivity contribution in [3.63, 3.8) is 0 Å². The highest BCUT2D eigenvalue weighted by molar-refractivity contribution is 7.10. The van der Waals surface area contributed by atoms with Gasteiger partial charge in [0.15, 0.2) is 0 Å². The average Bonchev–Trinajstić information content (AvgIpc) is 3.40. The first-order valence-corrected chi connectivity index (χ1v) is 11.5. The van der Waals surface area contributed by atoms with Crippen molar-refractivity contribution in [2.75, 3.05) is 19.6 Å². The predicted molar refractivity (Wildman–Crippen MR) is 121 cm³/mol. The molecule has 1 amide bonds. The van der Waals surface area contributed by atoms with E-state index >= 15 is 0 Å². The summed E-state index contributed by atoms with van der Waals surface area (Å²) in [6, 6.07) is 9.96. The lowest BCUT2D eigenvalue weighted by Gasteiger charge is -2.30.